The monoisotopic (exact) mass is 508 g/mol. The van der Waals surface area contributed by atoms with E-state index in [-0.39, 0.29) is 18.2 Å². The van der Waals surface area contributed by atoms with Crippen molar-refractivity contribution < 1.29 is 19.1 Å². The van der Waals surface area contributed by atoms with Crippen LogP contribution in [0.25, 0.3) is 33.2 Å². The Bertz CT molecular complexity index is 1650. The highest BCUT2D eigenvalue weighted by molar-refractivity contribution is 6.06. The zero-order chi connectivity index (χ0) is 26.2. The Morgan fingerprint density at radius 3 is 2.63 bits per heavy atom. The third kappa shape index (κ3) is 4.40. The number of anilines is 2. The fourth-order valence-electron chi connectivity index (χ4n) is 5.10. The molecule has 2 aromatic carbocycles. The van der Waals surface area contributed by atoms with E-state index in [1.807, 2.05) is 54.6 Å². The van der Waals surface area contributed by atoms with Crippen LogP contribution in [0.4, 0.5) is 11.5 Å². The summed E-state index contributed by atoms with van der Waals surface area (Å²) in [5.41, 5.74) is 4.34. The first kappa shape index (κ1) is 23.5. The molecule has 1 aliphatic heterocycles. The molecule has 0 aliphatic carbocycles. The predicted molar refractivity (Wildman–Crippen MR) is 142 cm³/mol. The van der Waals surface area contributed by atoms with Gasteiger partial charge in [0.05, 0.1) is 12.4 Å². The molecule has 1 fully saturated rings. The van der Waals surface area contributed by atoms with Gasteiger partial charge in [0.15, 0.2) is 11.4 Å². The van der Waals surface area contributed by atoms with Gasteiger partial charge in [0, 0.05) is 29.6 Å². The molecule has 2 N–H and O–H groups in total. The minimum atomic E-state index is -0.963. The predicted octanol–water partition coefficient (Wildman–Crippen LogP) is 4.45. The van der Waals surface area contributed by atoms with E-state index in [4.69, 9.17) is 4.42 Å². The molecule has 3 aromatic heterocycles. The maximum absolute atomic E-state index is 12.9. The van der Waals surface area contributed by atoms with E-state index < -0.39 is 12.0 Å². The second-order valence-corrected chi connectivity index (χ2v) is 9.44. The van der Waals surface area contributed by atoms with Crippen LogP contribution in [0.15, 0.2) is 71.4 Å². The molecule has 6 rings (SSSR count). The molecule has 1 aliphatic rings. The number of fused-ring (bicyclic) bond motifs is 3. The van der Waals surface area contributed by atoms with Crippen LogP contribution >= 0.6 is 0 Å². The smallest absolute Gasteiger partial charge is 0.326 e. The number of aromatic nitrogens is 4. The minimum Gasteiger partial charge on any atom is -0.480 e. The summed E-state index contributed by atoms with van der Waals surface area (Å²) >= 11 is 0. The minimum absolute atomic E-state index is 0.173. The summed E-state index contributed by atoms with van der Waals surface area (Å²) in [7, 11) is 0. The van der Waals surface area contributed by atoms with Crippen molar-refractivity contribution in [1.82, 2.24) is 20.2 Å². The standard InChI is InChI=1S/C28H24N6O4/c1-16-31-25-21-4-2-3-5-23(21)38-26(25)27(32-16)34-15-17(12-22(34)28(36)37)13-24(35)33-20-8-6-18(7-9-20)19-10-11-29-30-14-19/h2-11,14,17,22H,12-13,15H2,1H3,(H,33,35)(H,36,37)/t17-,22+/m1/s1. The van der Waals surface area contributed by atoms with Crippen LogP contribution in [0.5, 0.6) is 0 Å². The molecule has 10 nitrogen and oxygen atoms in total. The number of amides is 1. The molecule has 4 heterocycles. The molecule has 190 valence electrons. The third-order valence-electron chi connectivity index (χ3n) is 6.82. The highest BCUT2D eigenvalue weighted by Gasteiger charge is 2.40. The first-order valence-electron chi connectivity index (χ1n) is 12.3. The number of aryl methyl sites for hydroxylation is 1. The van der Waals surface area contributed by atoms with Gasteiger partial charge in [-0.2, -0.15) is 10.2 Å². The van der Waals surface area contributed by atoms with Crippen molar-refractivity contribution in [1.29, 1.82) is 0 Å². The zero-order valence-electron chi connectivity index (χ0n) is 20.5. The lowest BCUT2D eigenvalue weighted by molar-refractivity contribution is -0.138. The normalized spacial score (nSPS) is 17.2. The molecular weight excluding hydrogens is 484 g/mol. The lowest BCUT2D eigenvalue weighted by atomic mass is 10.0. The summed E-state index contributed by atoms with van der Waals surface area (Å²) in [6.45, 7) is 2.14. The van der Waals surface area contributed by atoms with Gasteiger partial charge in [0.1, 0.15) is 23.0 Å². The highest BCUT2D eigenvalue weighted by atomic mass is 16.4. The zero-order valence-corrected chi connectivity index (χ0v) is 20.5. The van der Waals surface area contributed by atoms with Gasteiger partial charge in [-0.1, -0.05) is 24.3 Å². The quantitative estimate of drug-likeness (QED) is 0.341. The third-order valence-corrected chi connectivity index (χ3v) is 6.82. The van der Waals surface area contributed by atoms with Gasteiger partial charge >= 0.3 is 5.97 Å². The Hall–Kier alpha value is -4.86. The van der Waals surface area contributed by atoms with Crippen LogP contribution in [0.3, 0.4) is 0 Å². The van der Waals surface area contributed by atoms with E-state index in [0.29, 0.717) is 47.0 Å². The van der Waals surface area contributed by atoms with Gasteiger partial charge < -0.3 is 19.7 Å². The number of carboxylic acids is 1. The molecule has 1 saturated heterocycles. The van der Waals surface area contributed by atoms with Crippen molar-refractivity contribution in [2.24, 2.45) is 5.92 Å². The van der Waals surface area contributed by atoms with Crippen LogP contribution in [0, 0.1) is 12.8 Å². The van der Waals surface area contributed by atoms with Crippen molar-refractivity contribution in [3.05, 3.63) is 72.8 Å². The molecule has 0 spiro atoms. The van der Waals surface area contributed by atoms with E-state index in [2.05, 4.69) is 25.5 Å². The van der Waals surface area contributed by atoms with Crippen molar-refractivity contribution in [3.63, 3.8) is 0 Å². The number of carbonyl (C=O) groups is 2. The SMILES string of the molecule is Cc1nc(N2C[C@@H](CC(=O)Nc3ccc(-c4ccnnc4)cc3)C[C@H]2C(=O)O)c2oc3ccccc3c2n1. The van der Waals surface area contributed by atoms with Gasteiger partial charge in [-0.3, -0.25) is 4.79 Å². The summed E-state index contributed by atoms with van der Waals surface area (Å²) in [6.07, 6.45) is 3.81. The van der Waals surface area contributed by atoms with Gasteiger partial charge in [-0.25, -0.2) is 14.8 Å². The summed E-state index contributed by atoms with van der Waals surface area (Å²) in [5.74, 6) is -0.342. The number of furan rings is 1. The number of aliphatic carboxylic acids is 1. The maximum Gasteiger partial charge on any atom is 0.326 e. The Balaban J connectivity index is 1.21. The van der Waals surface area contributed by atoms with Crippen molar-refractivity contribution >= 4 is 45.5 Å². The van der Waals surface area contributed by atoms with E-state index in [9.17, 15) is 14.7 Å². The van der Waals surface area contributed by atoms with Gasteiger partial charge in [-0.05, 0) is 55.2 Å². The summed E-state index contributed by atoms with van der Waals surface area (Å²) in [6, 6.07) is 16.1. The number of carbonyl (C=O) groups excluding carboxylic acids is 1. The Labute approximate surface area is 217 Å². The fourth-order valence-corrected chi connectivity index (χ4v) is 5.10. The molecule has 0 unspecified atom stereocenters. The average molecular weight is 509 g/mol. The largest absolute Gasteiger partial charge is 0.480 e. The molecule has 1 amide bonds. The summed E-state index contributed by atoms with van der Waals surface area (Å²) in [5, 5.41) is 21.5. The van der Waals surface area contributed by atoms with Gasteiger partial charge in [-0.15, -0.1) is 0 Å². The van der Waals surface area contributed by atoms with Crippen LogP contribution < -0.4 is 10.2 Å². The first-order valence-corrected chi connectivity index (χ1v) is 12.3. The maximum atomic E-state index is 12.9. The molecule has 0 saturated carbocycles. The lowest BCUT2D eigenvalue weighted by Crippen LogP contribution is -2.36. The molecular formula is C28H24N6O4. The van der Waals surface area contributed by atoms with Crippen molar-refractivity contribution in [2.45, 2.75) is 25.8 Å². The van der Waals surface area contributed by atoms with E-state index in [1.165, 1.54) is 0 Å². The second-order valence-electron chi connectivity index (χ2n) is 9.44. The highest BCUT2D eigenvalue weighted by Crippen LogP contribution is 2.37. The van der Waals surface area contributed by atoms with E-state index in [0.717, 1.165) is 16.5 Å². The Kier molecular flexibility index (Phi) is 5.91. The molecule has 5 aromatic rings. The number of carboxylic acid groups (broad SMARTS) is 1. The second kappa shape index (κ2) is 9.55. The molecule has 2 atom stereocenters. The summed E-state index contributed by atoms with van der Waals surface area (Å²) in [4.78, 5) is 36.0. The first-order chi connectivity index (χ1) is 18.5. The number of benzene rings is 2. The van der Waals surface area contributed by atoms with E-state index in [1.54, 1.807) is 24.2 Å². The number of hydrogen-bond acceptors (Lipinski definition) is 8. The van der Waals surface area contributed by atoms with Crippen molar-refractivity contribution in [2.75, 3.05) is 16.8 Å². The number of hydrogen-bond donors (Lipinski definition) is 2. The average Bonchev–Trinajstić information content (AvgIpc) is 3.51. The molecule has 0 bridgehead atoms. The molecule has 38 heavy (non-hydrogen) atoms. The van der Waals surface area contributed by atoms with Crippen LogP contribution in [-0.2, 0) is 9.59 Å². The number of rotatable bonds is 6. The molecule has 0 radical (unpaired) electrons. The summed E-state index contributed by atoms with van der Waals surface area (Å²) < 4.78 is 6.07. The van der Waals surface area contributed by atoms with E-state index >= 15 is 0 Å². The topological polar surface area (TPSA) is 134 Å². The fraction of sp³-hybridized carbons (Fsp3) is 0.214. The van der Waals surface area contributed by atoms with Gasteiger partial charge in [0.25, 0.3) is 0 Å². The van der Waals surface area contributed by atoms with Gasteiger partial charge in [0.2, 0.25) is 5.91 Å². The van der Waals surface area contributed by atoms with Crippen molar-refractivity contribution in [3.8, 4) is 11.1 Å². The van der Waals surface area contributed by atoms with Crippen LogP contribution in [0.1, 0.15) is 18.7 Å². The van der Waals surface area contributed by atoms with Crippen LogP contribution in [-0.4, -0.2) is 49.7 Å². The Morgan fingerprint density at radius 2 is 1.87 bits per heavy atom. The molecule has 10 heteroatoms. The van der Waals surface area contributed by atoms with Crippen LogP contribution in [0.2, 0.25) is 0 Å². The lowest BCUT2D eigenvalue weighted by Gasteiger charge is -2.22. The number of nitrogens with one attached hydrogen (secondary N) is 1. The Morgan fingerprint density at radius 1 is 1.05 bits per heavy atom. The number of nitrogens with zero attached hydrogens (tertiary/aromatic N) is 5. The number of para-hydroxylation sites is 1.